The van der Waals surface area contributed by atoms with E-state index in [1.165, 1.54) is 18.3 Å². The van der Waals surface area contributed by atoms with Gasteiger partial charge in [0.05, 0.1) is 37.1 Å². The van der Waals surface area contributed by atoms with Crippen LogP contribution in [0.4, 0.5) is 24.5 Å². The molecule has 2 aromatic rings. The number of benzene rings is 2. The van der Waals surface area contributed by atoms with Crippen LogP contribution in [-0.4, -0.2) is 39.6 Å². The standard InChI is InChI=1S/C9H10FNO3.C7H6FNO3.C2H5I.CH3F.CH2O3.2K.H/c1-3-14-9-5-8(11(12)13)6(2)4-7(9)10;1-4-2-5(8)7(10)3-6(4)9(11)12;1-2-3;1-2;2-1-4-3;;;/h4-5H,3H2,1-2H3;2-3,10H,1H3;2H2,1H3;1H3;1,3H;;;/q;;;;;2*+1;-1/p-1/i;;;1D;;;;. The minimum absolute atomic E-state index is 0. The fraction of sp³-hybridized carbons (Fsp3) is 0.350. The number of rotatable bonds is 5. The Labute approximate surface area is 313 Å². The average molecular weight is 702 g/mol. The SMILES string of the molecule is CCI.CCOc1cc([N+](=O)[O-])c(C)cc1F.Cc1cc(F)c(O)cc1[N+](=O)[O-].O=CO[O-].[2H]CF.[H-].[K+].[K+]. The molecule has 0 atom stereocenters. The number of carbonyl (C=O) groups is 1. The molecule has 0 aromatic heterocycles. The van der Waals surface area contributed by atoms with Gasteiger partial charge in [0.25, 0.3) is 17.8 Å². The number of phenols is 1. The summed E-state index contributed by atoms with van der Waals surface area (Å²) in [5.41, 5.74) is 0.0648. The van der Waals surface area contributed by atoms with Gasteiger partial charge in [-0.05, 0) is 37.3 Å². The number of aromatic hydroxyl groups is 1. The van der Waals surface area contributed by atoms with Crippen LogP contribution >= 0.6 is 22.6 Å². The number of nitro groups is 2. The third kappa shape index (κ3) is 21.6. The summed E-state index contributed by atoms with van der Waals surface area (Å²) in [6.07, 6.45) is 0. The van der Waals surface area contributed by atoms with E-state index in [0.29, 0.717) is 0 Å². The summed E-state index contributed by atoms with van der Waals surface area (Å²) < 4.78 is 47.3. The van der Waals surface area contributed by atoms with E-state index >= 15 is 0 Å². The van der Waals surface area contributed by atoms with Crippen molar-refractivity contribution in [1.29, 1.82) is 0 Å². The van der Waals surface area contributed by atoms with Crippen molar-refractivity contribution < 1.29 is 153 Å². The fourth-order valence-corrected chi connectivity index (χ4v) is 1.95. The van der Waals surface area contributed by atoms with Gasteiger partial charge in [-0.2, -0.15) is 0 Å². The van der Waals surface area contributed by atoms with E-state index in [4.69, 9.17) is 21.3 Å². The Kier molecular flexibility index (Phi) is 34.6. The Hall–Kier alpha value is 0.0627. The zero-order valence-corrected chi connectivity index (χ0v) is 29.5. The first-order valence-corrected chi connectivity index (χ1v) is 10.7. The second kappa shape index (κ2) is 29.1. The maximum absolute atomic E-state index is 13.1. The van der Waals surface area contributed by atoms with E-state index in [1.54, 1.807) is 6.92 Å². The Morgan fingerprint density at radius 2 is 1.41 bits per heavy atom. The molecule has 0 saturated carbocycles. The van der Waals surface area contributed by atoms with Gasteiger partial charge in [0.2, 0.25) is 0 Å². The number of phenolic OH excluding ortho intramolecular Hbond substituents is 1. The van der Waals surface area contributed by atoms with E-state index in [0.717, 1.165) is 24.3 Å². The number of carbonyl (C=O) groups excluding carboxylic acids is 1. The quantitative estimate of drug-likeness (QED) is 0.0765. The molecule has 0 amide bonds. The fourth-order valence-electron chi connectivity index (χ4n) is 1.95. The van der Waals surface area contributed by atoms with Crippen molar-refractivity contribution in [1.82, 2.24) is 0 Å². The molecule has 0 unspecified atom stereocenters. The Morgan fingerprint density at radius 1 is 1.05 bits per heavy atom. The van der Waals surface area contributed by atoms with Gasteiger partial charge in [0.15, 0.2) is 23.1 Å². The molecule has 0 spiro atoms. The minimum Gasteiger partial charge on any atom is -1.00 e. The van der Waals surface area contributed by atoms with Gasteiger partial charge in [0.1, 0.15) is 0 Å². The minimum atomic E-state index is -1.00. The van der Waals surface area contributed by atoms with Crippen molar-refractivity contribution in [2.75, 3.05) is 18.2 Å². The van der Waals surface area contributed by atoms with Crippen molar-refractivity contribution in [3.63, 3.8) is 0 Å². The number of nitro benzene ring substituents is 2. The van der Waals surface area contributed by atoms with Crippen molar-refractivity contribution in [2.45, 2.75) is 27.7 Å². The van der Waals surface area contributed by atoms with Crippen molar-refractivity contribution in [2.24, 2.45) is 0 Å². The monoisotopic (exact) mass is 701 g/mol. The molecule has 37 heavy (non-hydrogen) atoms. The maximum atomic E-state index is 13.1. The summed E-state index contributed by atoms with van der Waals surface area (Å²) in [6, 6.07) is 3.93. The number of nitrogens with zero attached hydrogens (tertiary/aromatic N) is 2. The average Bonchev–Trinajstić information content (AvgIpc) is 2.79. The molecule has 11 nitrogen and oxygen atoms in total. The Morgan fingerprint density at radius 3 is 1.73 bits per heavy atom. The van der Waals surface area contributed by atoms with Crippen molar-refractivity contribution in [3.8, 4) is 11.5 Å². The van der Waals surface area contributed by atoms with E-state index < -0.39 is 34.4 Å². The van der Waals surface area contributed by atoms with Crippen molar-refractivity contribution >= 4 is 40.4 Å². The molecular weight excluding hydrogens is 674 g/mol. The van der Waals surface area contributed by atoms with Crippen LogP contribution in [0.5, 0.6) is 11.5 Å². The molecular formula is C20H26F3IK2N2O9. The van der Waals surface area contributed by atoms with Gasteiger partial charge in [-0.25, -0.2) is 8.78 Å². The zero-order chi connectivity index (χ0) is 28.8. The maximum Gasteiger partial charge on any atom is 1.00 e. The van der Waals surface area contributed by atoms with E-state index in [2.05, 4.69) is 34.4 Å². The van der Waals surface area contributed by atoms with Crippen LogP contribution in [0, 0.1) is 45.7 Å². The summed E-state index contributed by atoms with van der Waals surface area (Å²) >= 11 is 2.29. The molecule has 1 N–H and O–H groups in total. The Bertz CT molecular complexity index is 971. The molecule has 2 rings (SSSR count). The molecule has 0 aliphatic carbocycles. The van der Waals surface area contributed by atoms with Gasteiger partial charge in [-0.1, -0.05) is 29.5 Å². The van der Waals surface area contributed by atoms with E-state index in [-0.39, 0.29) is 146 Å². The van der Waals surface area contributed by atoms with Gasteiger partial charge >= 0.3 is 103 Å². The first-order chi connectivity index (χ1) is 16.8. The largest absolute Gasteiger partial charge is 1.00 e. The topological polar surface area (TPSA) is 165 Å². The summed E-state index contributed by atoms with van der Waals surface area (Å²) in [7, 11) is -1.00. The second-order valence-electron chi connectivity index (χ2n) is 5.57. The Balaban J connectivity index is -0.0000000991. The number of ether oxygens (including phenoxy) is 1. The summed E-state index contributed by atoms with van der Waals surface area (Å²) in [4.78, 5) is 30.8. The number of halogens is 4. The van der Waals surface area contributed by atoms with Crippen LogP contribution in [0.2, 0.25) is 0 Å². The smallest absolute Gasteiger partial charge is 1.00 e. The summed E-state index contributed by atoms with van der Waals surface area (Å²) in [5, 5.41) is 38.0. The first kappa shape index (κ1) is 44.1. The van der Waals surface area contributed by atoms with Crippen LogP contribution in [0.15, 0.2) is 24.3 Å². The number of hydrogen-bond donors (Lipinski definition) is 1. The molecule has 0 radical (unpaired) electrons. The number of aryl methyl sites for hydroxylation is 2. The van der Waals surface area contributed by atoms with Gasteiger partial charge < -0.3 is 21.4 Å². The van der Waals surface area contributed by atoms with Crippen LogP contribution in [0.3, 0.4) is 0 Å². The predicted octanol–water partition coefficient (Wildman–Crippen LogP) is -1.23. The normalized spacial score (nSPS) is 8.51. The molecule has 0 heterocycles. The van der Waals surface area contributed by atoms with Gasteiger partial charge in [0, 0.05) is 11.1 Å². The van der Waals surface area contributed by atoms with Crippen molar-refractivity contribution in [3.05, 3.63) is 67.3 Å². The summed E-state index contributed by atoms with van der Waals surface area (Å²) in [6.45, 7) is 6.78. The molecule has 0 fully saturated rings. The molecule has 0 aliphatic heterocycles. The third-order valence-electron chi connectivity index (χ3n) is 3.25. The van der Waals surface area contributed by atoms with Gasteiger partial charge in [-0.15, -0.1) is 0 Å². The van der Waals surface area contributed by atoms with Crippen LogP contribution in [-0.2, 0) is 9.68 Å². The van der Waals surface area contributed by atoms with Crippen LogP contribution in [0.25, 0.3) is 0 Å². The molecule has 0 bridgehead atoms. The number of hydrogen-bond acceptors (Lipinski definition) is 9. The van der Waals surface area contributed by atoms with Crippen LogP contribution < -0.4 is 113 Å². The van der Waals surface area contributed by atoms with Crippen LogP contribution in [0.1, 0.15) is 27.8 Å². The molecule has 0 aliphatic rings. The zero-order valence-electron chi connectivity index (χ0n) is 23.1. The first-order valence-electron chi connectivity index (χ1n) is 9.88. The molecule has 0 saturated heterocycles. The van der Waals surface area contributed by atoms with E-state index in [1.807, 2.05) is 0 Å². The molecule has 2 aromatic carbocycles. The second-order valence-corrected chi connectivity index (χ2v) is 7.09. The summed E-state index contributed by atoms with van der Waals surface area (Å²) in [5.74, 6) is -2.20. The third-order valence-corrected chi connectivity index (χ3v) is 3.25. The number of alkyl halides is 2. The molecule has 200 valence electrons. The van der Waals surface area contributed by atoms with E-state index in [9.17, 15) is 33.4 Å². The predicted molar refractivity (Wildman–Crippen MR) is 128 cm³/mol. The molecule has 17 heteroatoms. The van der Waals surface area contributed by atoms with Gasteiger partial charge in [-0.3, -0.25) is 29.4 Å².